The largest absolute Gasteiger partial charge is 0.352 e. The number of nitrogens with zero attached hydrogens (tertiary/aromatic N) is 1. The van der Waals surface area contributed by atoms with E-state index in [9.17, 15) is 14.4 Å². The molecule has 2 fully saturated rings. The van der Waals surface area contributed by atoms with Gasteiger partial charge in [-0.15, -0.1) is 0 Å². The fourth-order valence-electron chi connectivity index (χ4n) is 3.77. The molecule has 2 aliphatic rings. The van der Waals surface area contributed by atoms with Crippen LogP contribution in [-0.4, -0.2) is 47.8 Å². The summed E-state index contributed by atoms with van der Waals surface area (Å²) in [5, 5.41) is 6.65. The molecule has 2 atom stereocenters. The highest BCUT2D eigenvalue weighted by molar-refractivity contribution is 6.31. The van der Waals surface area contributed by atoms with Gasteiger partial charge >= 0.3 is 0 Å². The molecule has 1 aromatic rings. The first-order valence-corrected chi connectivity index (χ1v) is 9.94. The molecule has 0 radical (unpaired) electrons. The number of rotatable bonds is 5. The van der Waals surface area contributed by atoms with Crippen LogP contribution < -0.4 is 10.6 Å². The molecule has 1 aliphatic heterocycles. The molecule has 3 amide bonds. The van der Waals surface area contributed by atoms with E-state index in [0.717, 1.165) is 31.2 Å². The highest BCUT2D eigenvalue weighted by Gasteiger charge is 2.27. The van der Waals surface area contributed by atoms with E-state index in [-0.39, 0.29) is 36.3 Å². The van der Waals surface area contributed by atoms with Crippen LogP contribution in [0.25, 0.3) is 0 Å². The number of hydrogen-bond acceptors (Lipinski definition) is 3. The Morgan fingerprint density at radius 3 is 2.59 bits per heavy atom. The standard InChI is InChI=1S/C20H26ClN3O3/c1-13-7-8-14(10-17(13)21)20(27)23-16-5-2-4-15(11-16)22-18(25)12-24-9-3-6-19(24)26/h7-8,10,15-16H,2-6,9,11-12H2,1H3,(H,22,25)(H,23,27)/t15-,16-/m1/s1. The molecule has 0 bridgehead atoms. The maximum absolute atomic E-state index is 12.5. The van der Waals surface area contributed by atoms with Crippen LogP contribution in [-0.2, 0) is 9.59 Å². The summed E-state index contributed by atoms with van der Waals surface area (Å²) in [6.07, 6.45) is 4.78. The molecule has 3 rings (SSSR count). The highest BCUT2D eigenvalue weighted by atomic mass is 35.5. The summed E-state index contributed by atoms with van der Waals surface area (Å²) < 4.78 is 0. The van der Waals surface area contributed by atoms with Crippen molar-refractivity contribution in [1.82, 2.24) is 15.5 Å². The lowest BCUT2D eigenvalue weighted by molar-refractivity contribution is -0.133. The molecule has 0 spiro atoms. The average molecular weight is 392 g/mol. The number of aryl methyl sites for hydroxylation is 1. The molecule has 0 unspecified atom stereocenters. The van der Waals surface area contributed by atoms with Crippen molar-refractivity contribution in [3.63, 3.8) is 0 Å². The Balaban J connectivity index is 1.49. The van der Waals surface area contributed by atoms with Crippen LogP contribution in [0.4, 0.5) is 0 Å². The summed E-state index contributed by atoms with van der Waals surface area (Å²) >= 11 is 6.11. The maximum Gasteiger partial charge on any atom is 0.251 e. The Bertz CT molecular complexity index is 737. The van der Waals surface area contributed by atoms with E-state index in [1.54, 1.807) is 17.0 Å². The summed E-state index contributed by atoms with van der Waals surface area (Å²) in [5.74, 6) is -0.209. The van der Waals surface area contributed by atoms with Crippen molar-refractivity contribution in [3.05, 3.63) is 34.3 Å². The molecule has 0 aromatic heterocycles. The second kappa shape index (κ2) is 8.74. The zero-order valence-electron chi connectivity index (χ0n) is 15.6. The quantitative estimate of drug-likeness (QED) is 0.809. The summed E-state index contributed by atoms with van der Waals surface area (Å²) in [6.45, 7) is 2.69. The van der Waals surface area contributed by atoms with Gasteiger partial charge in [0.1, 0.15) is 0 Å². The van der Waals surface area contributed by atoms with Crippen molar-refractivity contribution in [2.24, 2.45) is 0 Å². The summed E-state index contributed by atoms with van der Waals surface area (Å²) in [4.78, 5) is 37.9. The lowest BCUT2D eigenvalue weighted by atomic mass is 9.90. The number of carbonyl (C=O) groups excluding carboxylic acids is 3. The Labute approximate surface area is 164 Å². The predicted octanol–water partition coefficient (Wildman–Crippen LogP) is 2.43. The molecule has 1 aliphatic carbocycles. The van der Waals surface area contributed by atoms with Gasteiger partial charge in [0, 0.05) is 35.6 Å². The highest BCUT2D eigenvalue weighted by Crippen LogP contribution is 2.21. The monoisotopic (exact) mass is 391 g/mol. The first-order chi connectivity index (χ1) is 12.9. The number of nitrogens with one attached hydrogen (secondary N) is 2. The van der Waals surface area contributed by atoms with Crippen molar-refractivity contribution in [1.29, 1.82) is 0 Å². The van der Waals surface area contributed by atoms with E-state index in [4.69, 9.17) is 11.6 Å². The van der Waals surface area contributed by atoms with Gasteiger partial charge < -0.3 is 15.5 Å². The smallest absolute Gasteiger partial charge is 0.251 e. The van der Waals surface area contributed by atoms with E-state index in [1.807, 2.05) is 13.0 Å². The number of likely N-dealkylation sites (tertiary alicyclic amines) is 1. The molecule has 6 nitrogen and oxygen atoms in total. The third kappa shape index (κ3) is 5.22. The molecule has 7 heteroatoms. The molecule has 1 heterocycles. The van der Waals surface area contributed by atoms with E-state index in [1.165, 1.54) is 0 Å². The van der Waals surface area contributed by atoms with E-state index < -0.39 is 0 Å². The fourth-order valence-corrected chi connectivity index (χ4v) is 3.95. The van der Waals surface area contributed by atoms with E-state index in [0.29, 0.717) is 30.0 Å². The van der Waals surface area contributed by atoms with Crippen molar-refractivity contribution in [2.45, 2.75) is 57.5 Å². The normalized spacial score (nSPS) is 22.6. The number of amides is 3. The van der Waals surface area contributed by atoms with Crippen LogP contribution in [0.5, 0.6) is 0 Å². The third-order valence-corrected chi connectivity index (χ3v) is 5.72. The molecular weight excluding hydrogens is 366 g/mol. The van der Waals surface area contributed by atoms with Crippen molar-refractivity contribution < 1.29 is 14.4 Å². The predicted molar refractivity (Wildman–Crippen MR) is 104 cm³/mol. The third-order valence-electron chi connectivity index (χ3n) is 5.31. The molecular formula is C20H26ClN3O3. The van der Waals surface area contributed by atoms with Crippen LogP contribution >= 0.6 is 11.6 Å². The maximum atomic E-state index is 12.5. The minimum absolute atomic E-state index is 0.0186. The first kappa shape index (κ1) is 19.7. The minimum atomic E-state index is -0.142. The molecule has 1 saturated heterocycles. The van der Waals surface area contributed by atoms with Crippen LogP contribution in [0.3, 0.4) is 0 Å². The van der Waals surface area contributed by atoms with Gasteiger partial charge in [-0.2, -0.15) is 0 Å². The summed E-state index contributed by atoms with van der Waals surface area (Å²) in [7, 11) is 0. The van der Waals surface area contributed by atoms with Gasteiger partial charge in [-0.25, -0.2) is 0 Å². The van der Waals surface area contributed by atoms with Gasteiger partial charge in [-0.05, 0) is 56.7 Å². The Kier molecular flexibility index (Phi) is 6.37. The number of halogens is 1. The molecule has 1 saturated carbocycles. The number of carbonyl (C=O) groups is 3. The van der Waals surface area contributed by atoms with Crippen molar-refractivity contribution in [2.75, 3.05) is 13.1 Å². The van der Waals surface area contributed by atoms with Gasteiger partial charge in [-0.1, -0.05) is 17.7 Å². The molecule has 27 heavy (non-hydrogen) atoms. The van der Waals surface area contributed by atoms with Crippen LogP contribution in [0, 0.1) is 6.92 Å². The fraction of sp³-hybridized carbons (Fsp3) is 0.550. The zero-order valence-corrected chi connectivity index (χ0v) is 16.3. The van der Waals surface area contributed by atoms with E-state index >= 15 is 0 Å². The topological polar surface area (TPSA) is 78.5 Å². The minimum Gasteiger partial charge on any atom is -0.352 e. The number of benzene rings is 1. The molecule has 1 aromatic carbocycles. The second-order valence-corrected chi connectivity index (χ2v) is 7.89. The Hall–Kier alpha value is -2.08. The first-order valence-electron chi connectivity index (χ1n) is 9.56. The molecule has 2 N–H and O–H groups in total. The average Bonchev–Trinajstić information content (AvgIpc) is 3.02. The lowest BCUT2D eigenvalue weighted by Crippen LogP contribution is -2.48. The second-order valence-electron chi connectivity index (χ2n) is 7.48. The van der Waals surface area contributed by atoms with Gasteiger partial charge in [0.25, 0.3) is 5.91 Å². The summed E-state index contributed by atoms with van der Waals surface area (Å²) in [5.41, 5.74) is 1.48. The lowest BCUT2D eigenvalue weighted by Gasteiger charge is -2.31. The van der Waals surface area contributed by atoms with Gasteiger partial charge in [-0.3, -0.25) is 14.4 Å². The van der Waals surface area contributed by atoms with Gasteiger partial charge in [0.15, 0.2) is 0 Å². The van der Waals surface area contributed by atoms with Crippen molar-refractivity contribution >= 4 is 29.3 Å². The SMILES string of the molecule is Cc1ccc(C(=O)N[C@@H]2CCC[C@@H](NC(=O)CN3CCCC3=O)C2)cc1Cl. The van der Waals surface area contributed by atoms with Crippen LogP contribution in [0.1, 0.15) is 54.4 Å². The van der Waals surface area contributed by atoms with Crippen LogP contribution in [0.15, 0.2) is 18.2 Å². The van der Waals surface area contributed by atoms with Crippen LogP contribution in [0.2, 0.25) is 5.02 Å². The van der Waals surface area contributed by atoms with Gasteiger partial charge in [0.05, 0.1) is 6.54 Å². The summed E-state index contributed by atoms with van der Waals surface area (Å²) in [6, 6.07) is 5.33. The zero-order chi connectivity index (χ0) is 19.4. The number of hydrogen-bond donors (Lipinski definition) is 2. The molecule has 146 valence electrons. The van der Waals surface area contributed by atoms with Crippen molar-refractivity contribution in [3.8, 4) is 0 Å². The van der Waals surface area contributed by atoms with Gasteiger partial charge in [0.2, 0.25) is 11.8 Å². The Morgan fingerprint density at radius 2 is 1.93 bits per heavy atom. The van der Waals surface area contributed by atoms with E-state index in [2.05, 4.69) is 10.6 Å². The Morgan fingerprint density at radius 1 is 1.19 bits per heavy atom.